The molecule has 3 aromatic carbocycles. The number of unbranched alkanes of at least 4 members (excludes halogenated alkanes) is 1. The largest absolute Gasteiger partial charge is 0.508 e. The molecule has 236 valence electrons. The molecular formula is C33H41N3O8. The van der Waals surface area contributed by atoms with Gasteiger partial charge in [-0.05, 0) is 60.8 Å². The number of anilines is 1. The van der Waals surface area contributed by atoms with E-state index in [4.69, 9.17) is 14.7 Å². The molecule has 0 aromatic heterocycles. The van der Waals surface area contributed by atoms with Gasteiger partial charge in [-0.1, -0.05) is 48.5 Å². The molecule has 1 aliphatic heterocycles. The second-order valence-electron chi connectivity index (χ2n) is 11.1. The number of benzene rings is 3. The fourth-order valence-electron chi connectivity index (χ4n) is 5.20. The summed E-state index contributed by atoms with van der Waals surface area (Å²) in [5.41, 5.74) is 5.27. The molecule has 3 aromatic rings. The Morgan fingerprint density at radius 1 is 0.955 bits per heavy atom. The van der Waals surface area contributed by atoms with Crippen LogP contribution in [-0.4, -0.2) is 63.5 Å². The first-order valence-electron chi connectivity index (χ1n) is 14.7. The van der Waals surface area contributed by atoms with Gasteiger partial charge in [0.2, 0.25) is 11.8 Å². The van der Waals surface area contributed by atoms with Crippen LogP contribution in [0.5, 0.6) is 5.75 Å². The smallest absolute Gasteiger partial charge is 0.243 e. The van der Waals surface area contributed by atoms with Crippen LogP contribution >= 0.6 is 0 Å². The number of ether oxygens (including phenoxy) is 2. The fraction of sp³-hybridized carbons (Fsp3) is 0.394. The number of phenols is 1. The first-order chi connectivity index (χ1) is 21.2. The molecule has 11 nitrogen and oxygen atoms in total. The Morgan fingerprint density at radius 2 is 1.68 bits per heavy atom. The third-order valence-corrected chi connectivity index (χ3v) is 7.49. The van der Waals surface area contributed by atoms with Crippen molar-refractivity contribution in [2.45, 2.75) is 63.3 Å². The number of hydroxylamine groups is 1. The monoisotopic (exact) mass is 607 g/mol. The van der Waals surface area contributed by atoms with E-state index >= 15 is 0 Å². The van der Waals surface area contributed by atoms with Gasteiger partial charge in [0.1, 0.15) is 5.75 Å². The highest BCUT2D eigenvalue weighted by Gasteiger charge is 2.33. The summed E-state index contributed by atoms with van der Waals surface area (Å²) >= 11 is 0. The van der Waals surface area contributed by atoms with Crippen molar-refractivity contribution in [3.05, 3.63) is 95.1 Å². The number of likely N-dealkylation sites (N-methyl/N-ethyl adjacent to an activating group) is 1. The maximum atomic E-state index is 12.5. The van der Waals surface area contributed by atoms with Gasteiger partial charge in [-0.3, -0.25) is 14.8 Å². The number of nitrogens with one attached hydrogen (secondary N) is 2. The highest BCUT2D eigenvalue weighted by atomic mass is 16.7. The number of carbonyl (C=O) groups excluding carboxylic acids is 2. The van der Waals surface area contributed by atoms with E-state index < -0.39 is 18.3 Å². The summed E-state index contributed by atoms with van der Waals surface area (Å²) in [6.45, 7) is 0.783. The molecule has 1 heterocycles. The van der Waals surface area contributed by atoms with Gasteiger partial charge in [-0.25, -0.2) is 5.48 Å². The van der Waals surface area contributed by atoms with Crippen LogP contribution < -0.4 is 10.8 Å². The summed E-state index contributed by atoms with van der Waals surface area (Å²) in [5.74, 6) is -0.575. The molecule has 1 saturated heterocycles. The van der Waals surface area contributed by atoms with Crippen LogP contribution in [0.3, 0.4) is 0 Å². The summed E-state index contributed by atoms with van der Waals surface area (Å²) in [6, 6.07) is 21.5. The van der Waals surface area contributed by atoms with E-state index in [1.54, 1.807) is 35.8 Å². The average molecular weight is 608 g/mol. The molecule has 44 heavy (non-hydrogen) atoms. The van der Waals surface area contributed by atoms with Crippen LogP contribution in [0.15, 0.2) is 72.8 Å². The molecule has 4 atom stereocenters. The first-order valence-corrected chi connectivity index (χ1v) is 14.7. The minimum absolute atomic E-state index is 0.0526. The Hall–Kier alpha value is -3.84. The first kappa shape index (κ1) is 33.1. The van der Waals surface area contributed by atoms with Gasteiger partial charge in [-0.2, -0.15) is 0 Å². The molecule has 2 amide bonds. The Bertz CT molecular complexity index is 1370. The van der Waals surface area contributed by atoms with Gasteiger partial charge in [0.25, 0.3) is 0 Å². The number of rotatable bonds is 14. The van der Waals surface area contributed by atoms with Gasteiger partial charge in [0.05, 0.1) is 24.9 Å². The van der Waals surface area contributed by atoms with Crippen molar-refractivity contribution in [2.75, 3.05) is 25.5 Å². The Kier molecular flexibility index (Phi) is 12.2. The number of carbonyl (C=O) groups is 2. The topological polar surface area (TPSA) is 161 Å². The minimum atomic E-state index is -0.795. The number of hydrogen-bond acceptors (Lipinski definition) is 9. The second kappa shape index (κ2) is 16.3. The predicted molar refractivity (Wildman–Crippen MR) is 162 cm³/mol. The zero-order valence-corrected chi connectivity index (χ0v) is 24.8. The molecule has 0 radical (unpaired) electrons. The van der Waals surface area contributed by atoms with E-state index in [1.807, 2.05) is 54.4 Å². The predicted octanol–water partition coefficient (Wildman–Crippen LogP) is 4.10. The SMILES string of the molecule is CN(C[C@H]1C[C@@H](c2ccc(CO)cc2)O[C@@H](c2cccc(NC(=O)CCCCC(=O)NO)c2)O1)C[C@@H](O)c1cccc(O)c1. The molecule has 0 aliphatic carbocycles. The lowest BCUT2D eigenvalue weighted by atomic mass is 9.99. The summed E-state index contributed by atoms with van der Waals surface area (Å²) < 4.78 is 12.9. The Balaban J connectivity index is 1.44. The fourth-order valence-corrected chi connectivity index (χ4v) is 5.20. The van der Waals surface area contributed by atoms with E-state index in [9.17, 15) is 24.9 Å². The molecule has 0 bridgehead atoms. The normalized spacial score (nSPS) is 19.0. The third-order valence-electron chi connectivity index (χ3n) is 7.49. The van der Waals surface area contributed by atoms with Crippen LogP contribution in [0.1, 0.15) is 72.9 Å². The lowest BCUT2D eigenvalue weighted by molar-refractivity contribution is -0.252. The number of amides is 2. The molecule has 11 heteroatoms. The van der Waals surface area contributed by atoms with Crippen LogP contribution in [-0.2, 0) is 25.7 Å². The molecular weight excluding hydrogens is 566 g/mol. The van der Waals surface area contributed by atoms with Crippen molar-refractivity contribution in [1.29, 1.82) is 0 Å². The maximum absolute atomic E-state index is 12.5. The van der Waals surface area contributed by atoms with Crippen molar-refractivity contribution in [2.24, 2.45) is 0 Å². The van der Waals surface area contributed by atoms with Gasteiger partial charge < -0.3 is 35.0 Å². The van der Waals surface area contributed by atoms with Gasteiger partial charge in [0, 0.05) is 43.6 Å². The van der Waals surface area contributed by atoms with Crippen molar-refractivity contribution < 1.29 is 39.6 Å². The molecule has 0 saturated carbocycles. The van der Waals surface area contributed by atoms with Crippen molar-refractivity contribution >= 4 is 17.5 Å². The molecule has 0 unspecified atom stereocenters. The van der Waals surface area contributed by atoms with Crippen molar-refractivity contribution in [3.63, 3.8) is 0 Å². The van der Waals surface area contributed by atoms with E-state index in [-0.39, 0.29) is 43.3 Å². The number of phenolic OH excluding ortho intramolecular Hbond substituents is 1. The highest BCUT2D eigenvalue weighted by molar-refractivity contribution is 5.90. The summed E-state index contributed by atoms with van der Waals surface area (Å²) in [5, 5.41) is 41.5. The van der Waals surface area contributed by atoms with E-state index in [0.29, 0.717) is 43.6 Å². The van der Waals surface area contributed by atoms with Crippen LogP contribution in [0.4, 0.5) is 5.69 Å². The Morgan fingerprint density at radius 3 is 2.39 bits per heavy atom. The minimum Gasteiger partial charge on any atom is -0.508 e. The van der Waals surface area contributed by atoms with Crippen LogP contribution in [0.25, 0.3) is 0 Å². The lowest BCUT2D eigenvalue weighted by Crippen LogP contribution is -2.39. The second-order valence-corrected chi connectivity index (χ2v) is 11.1. The lowest BCUT2D eigenvalue weighted by Gasteiger charge is -2.38. The van der Waals surface area contributed by atoms with Gasteiger partial charge >= 0.3 is 0 Å². The summed E-state index contributed by atoms with van der Waals surface area (Å²) in [4.78, 5) is 25.6. The molecule has 6 N–H and O–H groups in total. The number of aromatic hydroxyl groups is 1. The van der Waals surface area contributed by atoms with Crippen LogP contribution in [0, 0.1) is 0 Å². The highest BCUT2D eigenvalue weighted by Crippen LogP contribution is 2.38. The molecule has 4 rings (SSSR count). The average Bonchev–Trinajstić information content (AvgIpc) is 3.03. The molecule has 1 fully saturated rings. The number of aliphatic hydroxyl groups excluding tert-OH is 2. The van der Waals surface area contributed by atoms with Gasteiger partial charge in [0.15, 0.2) is 6.29 Å². The van der Waals surface area contributed by atoms with E-state index in [1.165, 1.54) is 0 Å². The maximum Gasteiger partial charge on any atom is 0.243 e. The summed E-state index contributed by atoms with van der Waals surface area (Å²) in [6.07, 6.45) is -0.168. The van der Waals surface area contributed by atoms with Crippen molar-refractivity contribution in [3.8, 4) is 5.75 Å². The molecule has 1 aliphatic rings. The van der Waals surface area contributed by atoms with E-state index in [2.05, 4.69) is 5.32 Å². The zero-order valence-electron chi connectivity index (χ0n) is 24.8. The number of hydrogen-bond donors (Lipinski definition) is 6. The quantitative estimate of drug-likeness (QED) is 0.0901. The molecule has 0 spiro atoms. The number of nitrogens with zero attached hydrogens (tertiary/aromatic N) is 1. The van der Waals surface area contributed by atoms with E-state index in [0.717, 1.165) is 16.7 Å². The van der Waals surface area contributed by atoms with Crippen LogP contribution in [0.2, 0.25) is 0 Å². The summed E-state index contributed by atoms with van der Waals surface area (Å²) in [7, 11) is 1.90. The van der Waals surface area contributed by atoms with Gasteiger partial charge in [-0.15, -0.1) is 0 Å². The standard InChI is InChI=1S/C33H41N3O8/c1-36(20-29(39)24-6-5-9-27(38)17-24)19-28-18-30(23-14-12-22(21-37)13-15-23)44-33(43-28)25-7-4-8-26(16-25)34-31(40)10-2-3-11-32(41)35-42/h4-9,12-17,28-30,33,37-39,42H,2-3,10-11,18-21H2,1H3,(H,34,40)(H,35,41)/t28-,29-,30+,33+/m1/s1. The zero-order chi connectivity index (χ0) is 31.5. The Labute approximate surface area is 257 Å². The number of aliphatic hydroxyl groups is 2. The van der Waals surface area contributed by atoms with Crippen molar-refractivity contribution in [1.82, 2.24) is 10.4 Å². The third kappa shape index (κ3) is 9.84.